The summed E-state index contributed by atoms with van der Waals surface area (Å²) >= 11 is 0. The summed E-state index contributed by atoms with van der Waals surface area (Å²) in [6.45, 7) is 3.04. The van der Waals surface area contributed by atoms with Crippen molar-refractivity contribution >= 4 is 5.91 Å². The number of amides is 1. The number of hydrogen-bond donors (Lipinski definition) is 1. The fraction of sp³-hybridized carbons (Fsp3) is 0.316. The Bertz CT molecular complexity index is 568. The van der Waals surface area contributed by atoms with E-state index >= 15 is 0 Å². The highest BCUT2D eigenvalue weighted by Gasteiger charge is 2.26. The molecule has 120 valence electrons. The average Bonchev–Trinajstić information content (AvgIpc) is 2.63. The van der Waals surface area contributed by atoms with E-state index in [1.165, 1.54) is 0 Å². The lowest BCUT2D eigenvalue weighted by atomic mass is 10.1. The molecule has 0 spiro atoms. The molecule has 2 aromatic rings. The van der Waals surface area contributed by atoms with Crippen molar-refractivity contribution in [3.05, 3.63) is 71.8 Å². The van der Waals surface area contributed by atoms with Crippen LogP contribution in [0.2, 0.25) is 0 Å². The van der Waals surface area contributed by atoms with Gasteiger partial charge in [0.2, 0.25) is 5.91 Å². The Morgan fingerprint density at radius 2 is 1.57 bits per heavy atom. The van der Waals surface area contributed by atoms with Crippen LogP contribution in [0.4, 0.5) is 0 Å². The van der Waals surface area contributed by atoms with E-state index in [1.54, 1.807) is 0 Å². The number of morpholine rings is 1. The van der Waals surface area contributed by atoms with Crippen LogP contribution < -0.4 is 5.32 Å². The van der Waals surface area contributed by atoms with Crippen molar-refractivity contribution < 1.29 is 9.53 Å². The maximum Gasteiger partial charge on any atom is 0.242 e. The molecule has 2 aromatic carbocycles. The van der Waals surface area contributed by atoms with Crippen LogP contribution in [0.5, 0.6) is 0 Å². The summed E-state index contributed by atoms with van der Waals surface area (Å²) in [7, 11) is 0. The van der Waals surface area contributed by atoms with Gasteiger partial charge in [0.05, 0.1) is 13.2 Å². The zero-order valence-electron chi connectivity index (χ0n) is 13.2. The molecular formula is C19H22N2O2. The minimum atomic E-state index is -0.254. The molecule has 0 aromatic heterocycles. The number of ether oxygens (including phenoxy) is 1. The first-order chi connectivity index (χ1) is 11.3. The summed E-state index contributed by atoms with van der Waals surface area (Å²) in [5.74, 6) is 0.0948. The Morgan fingerprint density at radius 3 is 2.04 bits per heavy atom. The van der Waals surface area contributed by atoms with Gasteiger partial charge >= 0.3 is 0 Å². The van der Waals surface area contributed by atoms with Gasteiger partial charge in [0.25, 0.3) is 0 Å². The first kappa shape index (κ1) is 15.7. The fourth-order valence-electron chi connectivity index (χ4n) is 2.76. The number of rotatable bonds is 5. The molecule has 0 saturated carbocycles. The molecule has 1 unspecified atom stereocenters. The molecule has 1 heterocycles. The second kappa shape index (κ2) is 7.90. The first-order valence-electron chi connectivity index (χ1n) is 8.01. The predicted molar refractivity (Wildman–Crippen MR) is 89.7 cm³/mol. The largest absolute Gasteiger partial charge is 0.378 e. The minimum absolute atomic E-state index is 0.0948. The highest BCUT2D eigenvalue weighted by molar-refractivity contribution is 5.82. The number of carbonyl (C=O) groups excluding carboxylic acids is 1. The molecule has 4 nitrogen and oxygen atoms in total. The van der Waals surface area contributed by atoms with Crippen molar-refractivity contribution in [3.63, 3.8) is 0 Å². The van der Waals surface area contributed by atoms with E-state index in [4.69, 9.17) is 4.74 Å². The highest BCUT2D eigenvalue weighted by Crippen LogP contribution is 2.12. The topological polar surface area (TPSA) is 41.6 Å². The summed E-state index contributed by atoms with van der Waals surface area (Å²) < 4.78 is 5.44. The van der Waals surface area contributed by atoms with Gasteiger partial charge in [0.15, 0.2) is 0 Å². The molecular weight excluding hydrogens is 288 g/mol. The minimum Gasteiger partial charge on any atom is -0.378 e. The van der Waals surface area contributed by atoms with Gasteiger partial charge in [0, 0.05) is 19.6 Å². The van der Waals surface area contributed by atoms with Crippen molar-refractivity contribution in [2.45, 2.75) is 19.1 Å². The molecule has 0 aliphatic carbocycles. The standard InChI is InChI=1S/C19H22N2O2/c22-19(18-15-23-12-11-20-18)21(13-16-7-3-1-4-8-16)14-17-9-5-2-6-10-17/h1-10,18,20H,11-15H2. The molecule has 3 rings (SSSR count). The number of nitrogens with one attached hydrogen (secondary N) is 1. The average molecular weight is 310 g/mol. The third-order valence-electron chi connectivity index (χ3n) is 3.96. The first-order valence-corrected chi connectivity index (χ1v) is 8.01. The van der Waals surface area contributed by atoms with E-state index in [-0.39, 0.29) is 11.9 Å². The monoisotopic (exact) mass is 310 g/mol. The molecule has 1 aliphatic rings. The zero-order chi connectivity index (χ0) is 15.9. The quantitative estimate of drug-likeness (QED) is 0.920. The molecule has 0 radical (unpaired) electrons. The van der Waals surface area contributed by atoms with Gasteiger partial charge in [-0.15, -0.1) is 0 Å². The summed E-state index contributed by atoms with van der Waals surface area (Å²) in [6.07, 6.45) is 0. The lowest BCUT2D eigenvalue weighted by Gasteiger charge is -2.30. The van der Waals surface area contributed by atoms with Crippen molar-refractivity contribution in [3.8, 4) is 0 Å². The fourth-order valence-corrected chi connectivity index (χ4v) is 2.76. The lowest BCUT2D eigenvalue weighted by Crippen LogP contribution is -2.52. The van der Waals surface area contributed by atoms with Crippen molar-refractivity contribution in [2.75, 3.05) is 19.8 Å². The third kappa shape index (κ3) is 4.41. The van der Waals surface area contributed by atoms with Gasteiger partial charge in [-0.2, -0.15) is 0 Å². The second-order valence-corrected chi connectivity index (χ2v) is 5.75. The third-order valence-corrected chi connectivity index (χ3v) is 3.96. The van der Waals surface area contributed by atoms with Gasteiger partial charge in [-0.05, 0) is 11.1 Å². The Labute approximate surface area is 137 Å². The molecule has 1 atom stereocenters. The number of benzene rings is 2. The van der Waals surface area contributed by atoms with E-state index in [2.05, 4.69) is 29.6 Å². The number of carbonyl (C=O) groups is 1. The number of hydrogen-bond acceptors (Lipinski definition) is 3. The molecule has 0 bridgehead atoms. The van der Waals surface area contributed by atoms with E-state index in [0.29, 0.717) is 26.3 Å². The van der Waals surface area contributed by atoms with Crippen LogP contribution in [0.15, 0.2) is 60.7 Å². The van der Waals surface area contributed by atoms with E-state index in [1.807, 2.05) is 41.3 Å². The van der Waals surface area contributed by atoms with Crippen LogP contribution in [0.1, 0.15) is 11.1 Å². The van der Waals surface area contributed by atoms with Crippen LogP contribution in [-0.4, -0.2) is 36.6 Å². The summed E-state index contributed by atoms with van der Waals surface area (Å²) in [6, 6.07) is 19.9. The highest BCUT2D eigenvalue weighted by atomic mass is 16.5. The van der Waals surface area contributed by atoms with E-state index in [0.717, 1.165) is 17.7 Å². The Balaban J connectivity index is 1.76. The van der Waals surface area contributed by atoms with Crippen molar-refractivity contribution in [1.82, 2.24) is 10.2 Å². The van der Waals surface area contributed by atoms with Gasteiger partial charge in [-0.25, -0.2) is 0 Å². The summed E-state index contributed by atoms with van der Waals surface area (Å²) in [4.78, 5) is 14.8. The van der Waals surface area contributed by atoms with Crippen LogP contribution >= 0.6 is 0 Å². The normalized spacial score (nSPS) is 17.7. The van der Waals surface area contributed by atoms with Crippen LogP contribution in [0.25, 0.3) is 0 Å². The molecule has 1 fully saturated rings. The van der Waals surface area contributed by atoms with Gasteiger partial charge in [-0.3, -0.25) is 4.79 Å². The van der Waals surface area contributed by atoms with Gasteiger partial charge in [-0.1, -0.05) is 60.7 Å². The Kier molecular flexibility index (Phi) is 5.40. The number of nitrogens with zero attached hydrogens (tertiary/aromatic N) is 1. The van der Waals surface area contributed by atoms with Crippen molar-refractivity contribution in [1.29, 1.82) is 0 Å². The van der Waals surface area contributed by atoms with Crippen molar-refractivity contribution in [2.24, 2.45) is 0 Å². The summed E-state index contributed by atoms with van der Waals surface area (Å²) in [5.41, 5.74) is 2.27. The molecule has 1 aliphatic heterocycles. The predicted octanol–water partition coefficient (Wildman–Crippen LogP) is 2.20. The van der Waals surface area contributed by atoms with E-state index < -0.39 is 0 Å². The van der Waals surface area contributed by atoms with E-state index in [9.17, 15) is 4.79 Å². The maximum absolute atomic E-state index is 12.9. The maximum atomic E-state index is 12.9. The Morgan fingerprint density at radius 1 is 1.00 bits per heavy atom. The van der Waals surface area contributed by atoms with Crippen LogP contribution in [0, 0.1) is 0 Å². The van der Waals surface area contributed by atoms with Gasteiger partial charge in [0.1, 0.15) is 6.04 Å². The van der Waals surface area contributed by atoms with Crippen LogP contribution in [-0.2, 0) is 22.6 Å². The second-order valence-electron chi connectivity index (χ2n) is 5.75. The molecule has 23 heavy (non-hydrogen) atoms. The zero-order valence-corrected chi connectivity index (χ0v) is 13.2. The Hall–Kier alpha value is -2.17. The van der Waals surface area contributed by atoms with Gasteiger partial charge < -0.3 is 15.0 Å². The smallest absolute Gasteiger partial charge is 0.242 e. The molecule has 1 N–H and O–H groups in total. The van der Waals surface area contributed by atoms with Crippen LogP contribution in [0.3, 0.4) is 0 Å². The molecule has 4 heteroatoms. The lowest BCUT2D eigenvalue weighted by molar-refractivity contribution is -0.137. The SMILES string of the molecule is O=C(C1COCCN1)N(Cc1ccccc1)Cc1ccccc1. The molecule has 1 saturated heterocycles. The summed E-state index contributed by atoms with van der Waals surface area (Å²) in [5, 5.41) is 3.25. The molecule has 1 amide bonds.